The SMILES string of the molecule is C[C@@H](N)[C@H](O)[C@H](O)[C@H](O)COP(=O)(O)O. The molecular formula is C6H16NO7P. The minimum atomic E-state index is -4.70. The van der Waals surface area contributed by atoms with Crippen LogP contribution in [0.3, 0.4) is 0 Å². The quantitative estimate of drug-likeness (QED) is 0.281. The lowest BCUT2D eigenvalue weighted by atomic mass is 10.0. The Morgan fingerprint density at radius 2 is 1.73 bits per heavy atom. The van der Waals surface area contributed by atoms with Gasteiger partial charge in [-0.05, 0) is 6.92 Å². The Kier molecular flexibility index (Phi) is 5.86. The van der Waals surface area contributed by atoms with Crippen molar-refractivity contribution in [3.63, 3.8) is 0 Å². The summed E-state index contributed by atoms with van der Waals surface area (Å²) in [6, 6.07) is -0.787. The number of hydrogen-bond acceptors (Lipinski definition) is 6. The largest absolute Gasteiger partial charge is 0.469 e. The minimum absolute atomic E-state index is 0.787. The molecule has 0 bridgehead atoms. The molecule has 0 aliphatic rings. The Balaban J connectivity index is 4.10. The Labute approximate surface area is 86.5 Å². The molecule has 0 rings (SSSR count). The van der Waals surface area contributed by atoms with Crippen molar-refractivity contribution < 1.29 is 34.2 Å². The van der Waals surface area contributed by atoms with Crippen LogP contribution < -0.4 is 5.73 Å². The van der Waals surface area contributed by atoms with Crippen LogP contribution in [0.5, 0.6) is 0 Å². The van der Waals surface area contributed by atoms with Gasteiger partial charge in [-0.15, -0.1) is 0 Å². The summed E-state index contributed by atoms with van der Waals surface area (Å²) in [6.07, 6.45) is -4.66. The number of hydrogen-bond donors (Lipinski definition) is 6. The van der Waals surface area contributed by atoms with Crippen molar-refractivity contribution in [2.75, 3.05) is 6.61 Å². The van der Waals surface area contributed by atoms with Crippen molar-refractivity contribution >= 4 is 7.82 Å². The highest BCUT2D eigenvalue weighted by Crippen LogP contribution is 2.35. The predicted octanol–water partition coefficient (Wildman–Crippen LogP) is -2.47. The average molecular weight is 245 g/mol. The number of rotatable bonds is 6. The standard InChI is InChI=1S/C6H16NO7P/c1-3(7)5(9)6(10)4(8)2-14-15(11,12)13/h3-6,8-10H,2,7H2,1H3,(H2,11,12,13)/t3-,4-,5+,6-/m1/s1. The van der Waals surface area contributed by atoms with Gasteiger partial charge in [0.15, 0.2) is 0 Å². The van der Waals surface area contributed by atoms with Crippen LogP contribution >= 0.6 is 7.82 Å². The van der Waals surface area contributed by atoms with Gasteiger partial charge in [-0.1, -0.05) is 0 Å². The van der Waals surface area contributed by atoms with Crippen molar-refractivity contribution in [1.82, 2.24) is 0 Å². The van der Waals surface area contributed by atoms with Crippen LogP contribution in [-0.4, -0.2) is 56.1 Å². The van der Waals surface area contributed by atoms with Gasteiger partial charge in [0.2, 0.25) is 0 Å². The summed E-state index contributed by atoms with van der Waals surface area (Å²) in [4.78, 5) is 16.6. The van der Waals surface area contributed by atoms with E-state index in [1.54, 1.807) is 0 Å². The van der Waals surface area contributed by atoms with Gasteiger partial charge in [-0.2, -0.15) is 0 Å². The van der Waals surface area contributed by atoms with Crippen LogP contribution in [0.15, 0.2) is 0 Å². The molecule has 0 saturated heterocycles. The third-order valence-corrected chi connectivity index (χ3v) is 2.18. The first-order valence-electron chi connectivity index (χ1n) is 4.15. The summed E-state index contributed by atoms with van der Waals surface area (Å²) in [7, 11) is -4.70. The maximum absolute atomic E-state index is 10.3. The molecule has 0 radical (unpaired) electrons. The van der Waals surface area contributed by atoms with Crippen molar-refractivity contribution in [3.05, 3.63) is 0 Å². The molecule has 0 unspecified atom stereocenters. The van der Waals surface area contributed by atoms with Gasteiger partial charge < -0.3 is 30.8 Å². The van der Waals surface area contributed by atoms with E-state index in [0.29, 0.717) is 0 Å². The van der Waals surface area contributed by atoms with Gasteiger partial charge >= 0.3 is 7.82 Å². The zero-order chi connectivity index (χ0) is 12.2. The fraction of sp³-hybridized carbons (Fsp3) is 1.00. The van der Waals surface area contributed by atoms with Gasteiger partial charge in [0, 0.05) is 6.04 Å². The molecule has 15 heavy (non-hydrogen) atoms. The van der Waals surface area contributed by atoms with E-state index < -0.39 is 38.8 Å². The number of phosphoric ester groups is 1. The van der Waals surface area contributed by atoms with E-state index in [1.807, 2.05) is 0 Å². The van der Waals surface area contributed by atoms with Gasteiger partial charge in [-0.25, -0.2) is 4.57 Å². The summed E-state index contributed by atoms with van der Waals surface area (Å²) >= 11 is 0. The molecule has 0 spiro atoms. The molecule has 0 aromatic rings. The third kappa shape index (κ3) is 6.18. The number of phosphoric acid groups is 1. The van der Waals surface area contributed by atoms with E-state index in [1.165, 1.54) is 6.92 Å². The van der Waals surface area contributed by atoms with E-state index >= 15 is 0 Å². The summed E-state index contributed by atoms with van der Waals surface area (Å²) in [6.45, 7) is 0.611. The Hall–Kier alpha value is -0.0500. The van der Waals surface area contributed by atoms with Crippen LogP contribution in [0.1, 0.15) is 6.92 Å². The van der Waals surface area contributed by atoms with E-state index in [-0.39, 0.29) is 0 Å². The molecule has 0 aromatic heterocycles. The van der Waals surface area contributed by atoms with Gasteiger partial charge in [-0.3, -0.25) is 4.52 Å². The zero-order valence-corrected chi connectivity index (χ0v) is 8.99. The lowest BCUT2D eigenvalue weighted by molar-refractivity contribution is -0.0806. The second-order valence-corrected chi connectivity index (χ2v) is 4.43. The van der Waals surface area contributed by atoms with Crippen molar-refractivity contribution in [2.45, 2.75) is 31.3 Å². The summed E-state index contributed by atoms with van der Waals surface area (Å²) in [5, 5.41) is 27.6. The van der Waals surface area contributed by atoms with Gasteiger partial charge in [0.1, 0.15) is 12.2 Å². The lowest BCUT2D eigenvalue weighted by Crippen LogP contribution is -2.48. The molecular weight excluding hydrogens is 229 g/mol. The summed E-state index contributed by atoms with van der Waals surface area (Å²) < 4.78 is 14.2. The zero-order valence-electron chi connectivity index (χ0n) is 8.09. The Bertz CT molecular complexity index is 230. The molecule has 0 fully saturated rings. The highest BCUT2D eigenvalue weighted by atomic mass is 31.2. The van der Waals surface area contributed by atoms with Crippen LogP contribution in [-0.2, 0) is 9.09 Å². The lowest BCUT2D eigenvalue weighted by Gasteiger charge is -2.25. The topological polar surface area (TPSA) is 153 Å². The molecule has 0 aliphatic carbocycles. The number of aliphatic hydroxyl groups excluding tert-OH is 3. The maximum Gasteiger partial charge on any atom is 0.469 e. The van der Waals surface area contributed by atoms with Crippen LogP contribution in [0.25, 0.3) is 0 Å². The summed E-state index contributed by atoms with van der Waals surface area (Å²) in [5.41, 5.74) is 5.24. The van der Waals surface area contributed by atoms with E-state index in [0.717, 1.165) is 0 Å². The first kappa shape index (κ1) is 14.9. The van der Waals surface area contributed by atoms with Crippen LogP contribution in [0.4, 0.5) is 0 Å². The van der Waals surface area contributed by atoms with Crippen molar-refractivity contribution in [3.8, 4) is 0 Å². The van der Waals surface area contributed by atoms with E-state index in [9.17, 15) is 14.8 Å². The highest BCUT2D eigenvalue weighted by molar-refractivity contribution is 7.46. The summed E-state index contributed by atoms with van der Waals surface area (Å²) in [5.74, 6) is 0. The fourth-order valence-electron chi connectivity index (χ4n) is 0.811. The second-order valence-electron chi connectivity index (χ2n) is 3.19. The third-order valence-electron chi connectivity index (χ3n) is 1.70. The molecule has 0 aromatic carbocycles. The molecule has 92 valence electrons. The first-order chi connectivity index (χ1) is 6.65. The predicted molar refractivity (Wildman–Crippen MR) is 49.7 cm³/mol. The van der Waals surface area contributed by atoms with Crippen LogP contribution in [0, 0.1) is 0 Å². The van der Waals surface area contributed by atoms with Crippen LogP contribution in [0.2, 0.25) is 0 Å². The normalized spacial score (nSPS) is 20.7. The maximum atomic E-state index is 10.3. The Morgan fingerprint density at radius 1 is 1.27 bits per heavy atom. The van der Waals surface area contributed by atoms with Crippen molar-refractivity contribution in [2.24, 2.45) is 5.73 Å². The smallest absolute Gasteiger partial charge is 0.389 e. The molecule has 7 N–H and O–H groups in total. The van der Waals surface area contributed by atoms with Gasteiger partial charge in [0.05, 0.1) is 12.7 Å². The Morgan fingerprint density at radius 3 is 2.07 bits per heavy atom. The minimum Gasteiger partial charge on any atom is -0.389 e. The average Bonchev–Trinajstić information content (AvgIpc) is 2.10. The molecule has 4 atom stereocenters. The monoisotopic (exact) mass is 245 g/mol. The fourth-order valence-corrected chi connectivity index (χ4v) is 1.16. The molecule has 0 aliphatic heterocycles. The first-order valence-corrected chi connectivity index (χ1v) is 5.68. The van der Waals surface area contributed by atoms with Crippen molar-refractivity contribution in [1.29, 1.82) is 0 Å². The highest BCUT2D eigenvalue weighted by Gasteiger charge is 2.29. The van der Waals surface area contributed by atoms with E-state index in [2.05, 4.69) is 4.52 Å². The van der Waals surface area contributed by atoms with Gasteiger partial charge in [0.25, 0.3) is 0 Å². The number of aliphatic hydroxyl groups is 3. The molecule has 0 saturated carbocycles. The molecule has 0 heterocycles. The second kappa shape index (κ2) is 5.88. The molecule has 8 nitrogen and oxygen atoms in total. The van der Waals surface area contributed by atoms with E-state index in [4.69, 9.17) is 20.6 Å². The molecule has 0 amide bonds. The number of nitrogens with two attached hydrogens (primary N) is 1. The molecule has 9 heteroatoms.